The van der Waals surface area contributed by atoms with Crippen LogP contribution >= 0.6 is 0 Å². The summed E-state index contributed by atoms with van der Waals surface area (Å²) in [5.41, 5.74) is -0.163. The number of ether oxygens (including phenoxy) is 1. The molecule has 5 heteroatoms. The van der Waals surface area contributed by atoms with Crippen molar-refractivity contribution in [1.82, 2.24) is 9.97 Å². The summed E-state index contributed by atoms with van der Waals surface area (Å²) < 4.78 is 18.5. The van der Waals surface area contributed by atoms with Gasteiger partial charge in [-0.1, -0.05) is 0 Å². The molecule has 0 saturated heterocycles. The van der Waals surface area contributed by atoms with Gasteiger partial charge in [-0.05, 0) is 19.1 Å². The normalized spacial score (nSPS) is 10.6. The maximum absolute atomic E-state index is 13.7. The van der Waals surface area contributed by atoms with E-state index in [9.17, 15) is 9.18 Å². The molecule has 0 bridgehead atoms. The Balaban J connectivity index is 2.93. The standard InChI is InChI=1S/C10H9FN2O2/c1-5-12-6-3-4-7(15-2)9(11)8(6)10(14)13-5/h3-4H,1-2H3,(H,12,13,14). The van der Waals surface area contributed by atoms with Gasteiger partial charge >= 0.3 is 0 Å². The Morgan fingerprint density at radius 2 is 2.20 bits per heavy atom. The van der Waals surface area contributed by atoms with Crippen molar-refractivity contribution >= 4 is 10.9 Å². The second kappa shape index (κ2) is 3.34. The topological polar surface area (TPSA) is 55.0 Å². The number of hydrogen-bond acceptors (Lipinski definition) is 3. The minimum Gasteiger partial charge on any atom is -0.494 e. The van der Waals surface area contributed by atoms with Crippen LogP contribution in [0.3, 0.4) is 0 Å². The first-order chi connectivity index (χ1) is 7.13. The largest absolute Gasteiger partial charge is 0.494 e. The summed E-state index contributed by atoms with van der Waals surface area (Å²) in [7, 11) is 1.35. The molecule has 1 aromatic carbocycles. The molecule has 0 spiro atoms. The van der Waals surface area contributed by atoms with Crippen LogP contribution in [0, 0.1) is 12.7 Å². The summed E-state index contributed by atoms with van der Waals surface area (Å²) in [4.78, 5) is 18.0. The quantitative estimate of drug-likeness (QED) is 0.770. The number of rotatable bonds is 1. The fourth-order valence-corrected chi connectivity index (χ4v) is 1.45. The molecule has 0 atom stereocenters. The summed E-state index contributed by atoms with van der Waals surface area (Å²) in [6.45, 7) is 1.64. The number of fused-ring (bicyclic) bond motifs is 1. The first-order valence-electron chi connectivity index (χ1n) is 4.36. The molecule has 0 aliphatic rings. The number of benzene rings is 1. The zero-order valence-electron chi connectivity index (χ0n) is 8.30. The van der Waals surface area contributed by atoms with Crippen molar-refractivity contribution < 1.29 is 9.13 Å². The molecular formula is C10H9FN2O2. The second-order valence-corrected chi connectivity index (χ2v) is 3.13. The number of halogens is 1. The van der Waals surface area contributed by atoms with Gasteiger partial charge in [0, 0.05) is 0 Å². The fourth-order valence-electron chi connectivity index (χ4n) is 1.45. The van der Waals surface area contributed by atoms with E-state index in [1.165, 1.54) is 13.2 Å². The van der Waals surface area contributed by atoms with Gasteiger partial charge in [-0.2, -0.15) is 0 Å². The van der Waals surface area contributed by atoms with E-state index in [1.807, 2.05) is 0 Å². The van der Waals surface area contributed by atoms with Gasteiger partial charge in [0.05, 0.1) is 12.6 Å². The molecule has 0 unspecified atom stereocenters. The maximum atomic E-state index is 13.7. The average Bonchev–Trinajstić information content (AvgIpc) is 2.17. The van der Waals surface area contributed by atoms with Gasteiger partial charge in [0.1, 0.15) is 11.2 Å². The minimum absolute atomic E-state index is 0.0404. The molecule has 0 radical (unpaired) electrons. The number of aromatic nitrogens is 2. The lowest BCUT2D eigenvalue weighted by Gasteiger charge is -2.04. The summed E-state index contributed by atoms with van der Waals surface area (Å²) in [5, 5.41) is -0.0695. The van der Waals surface area contributed by atoms with Crippen LogP contribution in [-0.2, 0) is 0 Å². The lowest BCUT2D eigenvalue weighted by molar-refractivity contribution is 0.389. The summed E-state index contributed by atoms with van der Waals surface area (Å²) in [5.74, 6) is -0.181. The summed E-state index contributed by atoms with van der Waals surface area (Å²) in [6, 6.07) is 3.00. The highest BCUT2D eigenvalue weighted by Gasteiger charge is 2.12. The number of aromatic amines is 1. The highest BCUT2D eigenvalue weighted by atomic mass is 19.1. The third-order valence-corrected chi connectivity index (χ3v) is 2.11. The molecule has 0 saturated carbocycles. The van der Waals surface area contributed by atoms with Crippen LogP contribution in [0.4, 0.5) is 4.39 Å². The van der Waals surface area contributed by atoms with Crippen molar-refractivity contribution in [3.05, 3.63) is 34.1 Å². The fraction of sp³-hybridized carbons (Fsp3) is 0.200. The van der Waals surface area contributed by atoms with Crippen molar-refractivity contribution in [3.8, 4) is 5.75 Å². The van der Waals surface area contributed by atoms with E-state index >= 15 is 0 Å². The monoisotopic (exact) mass is 208 g/mol. The zero-order chi connectivity index (χ0) is 11.0. The first-order valence-corrected chi connectivity index (χ1v) is 4.36. The highest BCUT2D eigenvalue weighted by Crippen LogP contribution is 2.22. The Kier molecular flexibility index (Phi) is 2.15. The van der Waals surface area contributed by atoms with Crippen LogP contribution in [0.25, 0.3) is 10.9 Å². The molecule has 1 N–H and O–H groups in total. The number of aryl methyl sites for hydroxylation is 1. The second-order valence-electron chi connectivity index (χ2n) is 3.13. The molecule has 0 aliphatic heterocycles. The molecule has 1 heterocycles. The average molecular weight is 208 g/mol. The maximum Gasteiger partial charge on any atom is 0.261 e. The van der Waals surface area contributed by atoms with E-state index in [4.69, 9.17) is 4.74 Å². The molecule has 0 fully saturated rings. The molecule has 15 heavy (non-hydrogen) atoms. The summed E-state index contributed by atoms with van der Waals surface area (Å²) in [6.07, 6.45) is 0. The minimum atomic E-state index is -0.677. The smallest absolute Gasteiger partial charge is 0.261 e. The van der Waals surface area contributed by atoms with Crippen LogP contribution < -0.4 is 10.3 Å². The van der Waals surface area contributed by atoms with Gasteiger partial charge in [0.2, 0.25) is 0 Å². The van der Waals surface area contributed by atoms with Crippen LogP contribution in [0.15, 0.2) is 16.9 Å². The summed E-state index contributed by atoms with van der Waals surface area (Å²) >= 11 is 0. The van der Waals surface area contributed by atoms with E-state index in [0.29, 0.717) is 11.3 Å². The highest BCUT2D eigenvalue weighted by molar-refractivity contribution is 5.80. The van der Waals surface area contributed by atoms with E-state index < -0.39 is 11.4 Å². The van der Waals surface area contributed by atoms with E-state index in [2.05, 4.69) is 9.97 Å². The number of methoxy groups -OCH3 is 1. The van der Waals surface area contributed by atoms with Crippen molar-refractivity contribution in [2.45, 2.75) is 6.92 Å². The number of nitrogens with one attached hydrogen (secondary N) is 1. The predicted octanol–water partition coefficient (Wildman–Crippen LogP) is 1.38. The van der Waals surface area contributed by atoms with Crippen LogP contribution in [0.2, 0.25) is 0 Å². The zero-order valence-corrected chi connectivity index (χ0v) is 8.30. The number of hydrogen-bond donors (Lipinski definition) is 1. The molecule has 0 aliphatic carbocycles. The third-order valence-electron chi connectivity index (χ3n) is 2.11. The molecule has 4 nitrogen and oxygen atoms in total. The third kappa shape index (κ3) is 1.45. The lowest BCUT2D eigenvalue weighted by Crippen LogP contribution is -2.11. The number of nitrogens with zero attached hydrogens (tertiary/aromatic N) is 1. The Morgan fingerprint density at radius 3 is 2.87 bits per heavy atom. The number of H-pyrrole nitrogens is 1. The SMILES string of the molecule is COc1ccc2nc(C)[nH]c(=O)c2c1F. The van der Waals surface area contributed by atoms with Gasteiger partial charge in [-0.25, -0.2) is 9.37 Å². The van der Waals surface area contributed by atoms with Crippen molar-refractivity contribution in [1.29, 1.82) is 0 Å². The molecule has 0 amide bonds. The first kappa shape index (κ1) is 9.64. The Bertz CT molecular complexity index is 577. The van der Waals surface area contributed by atoms with Crippen LogP contribution in [0.5, 0.6) is 5.75 Å². The van der Waals surface area contributed by atoms with Crippen LogP contribution in [-0.4, -0.2) is 17.1 Å². The molecule has 2 aromatic rings. The Labute approximate surface area is 84.7 Å². The van der Waals surface area contributed by atoms with Gasteiger partial charge in [0.25, 0.3) is 5.56 Å². The molecule has 2 rings (SSSR count). The Morgan fingerprint density at radius 1 is 1.47 bits per heavy atom. The Hall–Kier alpha value is -1.91. The van der Waals surface area contributed by atoms with Crippen molar-refractivity contribution in [2.24, 2.45) is 0 Å². The van der Waals surface area contributed by atoms with Crippen LogP contribution in [0.1, 0.15) is 5.82 Å². The van der Waals surface area contributed by atoms with Crippen molar-refractivity contribution in [3.63, 3.8) is 0 Å². The van der Waals surface area contributed by atoms with Crippen molar-refractivity contribution in [2.75, 3.05) is 7.11 Å². The van der Waals surface area contributed by atoms with Gasteiger partial charge in [-0.15, -0.1) is 0 Å². The van der Waals surface area contributed by atoms with E-state index in [0.717, 1.165) is 0 Å². The lowest BCUT2D eigenvalue weighted by atomic mass is 10.2. The van der Waals surface area contributed by atoms with E-state index in [1.54, 1.807) is 13.0 Å². The van der Waals surface area contributed by atoms with Gasteiger partial charge in [0.15, 0.2) is 11.6 Å². The van der Waals surface area contributed by atoms with E-state index in [-0.39, 0.29) is 11.1 Å². The predicted molar refractivity (Wildman–Crippen MR) is 53.6 cm³/mol. The molecule has 1 aromatic heterocycles. The molecule has 78 valence electrons. The van der Waals surface area contributed by atoms with Gasteiger partial charge < -0.3 is 9.72 Å². The molecular weight excluding hydrogens is 199 g/mol. The van der Waals surface area contributed by atoms with Gasteiger partial charge in [-0.3, -0.25) is 4.79 Å².